The van der Waals surface area contributed by atoms with Crippen molar-refractivity contribution in [3.05, 3.63) is 54.1 Å². The van der Waals surface area contributed by atoms with Crippen LogP contribution in [0, 0.1) is 5.92 Å². The van der Waals surface area contributed by atoms with E-state index < -0.39 is 17.8 Å². The zero-order chi connectivity index (χ0) is 20.1. The molecule has 5 nitrogen and oxygen atoms in total. The number of hydrogen-bond acceptors (Lipinski definition) is 4. The zero-order valence-corrected chi connectivity index (χ0v) is 15.0. The van der Waals surface area contributed by atoms with Gasteiger partial charge in [-0.05, 0) is 55.2 Å². The molecule has 0 aliphatic carbocycles. The molecule has 0 saturated carbocycles. The lowest BCUT2D eigenvalue weighted by molar-refractivity contribution is -0.138. The first-order valence-electron chi connectivity index (χ1n) is 8.93. The highest BCUT2D eigenvalue weighted by Crippen LogP contribution is 2.38. The minimum Gasteiger partial charge on any atom is -0.457 e. The van der Waals surface area contributed by atoms with Crippen molar-refractivity contribution in [1.82, 2.24) is 0 Å². The van der Waals surface area contributed by atoms with E-state index in [4.69, 9.17) is 15.2 Å². The van der Waals surface area contributed by atoms with Crippen LogP contribution in [0.3, 0.4) is 0 Å². The first-order valence-corrected chi connectivity index (χ1v) is 8.93. The molecule has 1 aliphatic heterocycles. The summed E-state index contributed by atoms with van der Waals surface area (Å²) in [4.78, 5) is 12.3. The van der Waals surface area contributed by atoms with Crippen LogP contribution in [0.4, 0.5) is 18.9 Å². The standard InChI is InChI=1S/C20H21F3N2O3/c21-20(22,23)16-3-1-2-4-17(16)28-15-7-5-14(6-8-15)25-19(26)18(24)13-9-11-27-12-10-13/h1-8,13,18H,9-12,24H2,(H,25,26). The first-order chi connectivity index (χ1) is 13.3. The first kappa shape index (κ1) is 20.2. The molecule has 28 heavy (non-hydrogen) atoms. The molecular weight excluding hydrogens is 373 g/mol. The van der Waals surface area contributed by atoms with Crippen LogP contribution in [0.15, 0.2) is 48.5 Å². The van der Waals surface area contributed by atoms with E-state index in [1.807, 2.05) is 0 Å². The third kappa shape index (κ3) is 5.02. The fourth-order valence-electron chi connectivity index (χ4n) is 3.04. The van der Waals surface area contributed by atoms with E-state index in [-0.39, 0.29) is 23.3 Å². The summed E-state index contributed by atoms with van der Waals surface area (Å²) in [5.74, 6) is -0.296. The Morgan fingerprint density at radius 2 is 1.75 bits per heavy atom. The summed E-state index contributed by atoms with van der Waals surface area (Å²) in [5, 5.41) is 2.73. The van der Waals surface area contributed by atoms with Crippen LogP contribution >= 0.6 is 0 Å². The number of halogens is 3. The van der Waals surface area contributed by atoms with Crippen LogP contribution in [0.1, 0.15) is 18.4 Å². The molecule has 3 N–H and O–H groups in total. The van der Waals surface area contributed by atoms with Gasteiger partial charge in [-0.15, -0.1) is 0 Å². The Morgan fingerprint density at radius 3 is 2.39 bits per heavy atom. The summed E-state index contributed by atoms with van der Waals surface area (Å²) in [6, 6.07) is 10.4. The van der Waals surface area contributed by atoms with Crippen molar-refractivity contribution in [2.45, 2.75) is 25.1 Å². The molecule has 1 heterocycles. The second-order valence-electron chi connectivity index (χ2n) is 6.59. The lowest BCUT2D eigenvalue weighted by Gasteiger charge is -2.26. The maximum Gasteiger partial charge on any atom is 0.419 e. The van der Waals surface area contributed by atoms with Crippen molar-refractivity contribution < 1.29 is 27.4 Å². The van der Waals surface area contributed by atoms with Crippen molar-refractivity contribution in [3.8, 4) is 11.5 Å². The van der Waals surface area contributed by atoms with Gasteiger partial charge in [-0.2, -0.15) is 13.2 Å². The number of nitrogens with one attached hydrogen (secondary N) is 1. The lowest BCUT2D eigenvalue weighted by atomic mass is 9.92. The van der Waals surface area contributed by atoms with Crippen LogP contribution in [-0.2, 0) is 15.7 Å². The van der Waals surface area contributed by atoms with E-state index in [0.29, 0.717) is 18.9 Å². The van der Waals surface area contributed by atoms with Crippen molar-refractivity contribution in [2.75, 3.05) is 18.5 Å². The van der Waals surface area contributed by atoms with Crippen LogP contribution in [0.25, 0.3) is 0 Å². The van der Waals surface area contributed by atoms with Crippen LogP contribution in [-0.4, -0.2) is 25.2 Å². The van der Waals surface area contributed by atoms with E-state index in [9.17, 15) is 18.0 Å². The van der Waals surface area contributed by atoms with E-state index in [1.54, 1.807) is 12.1 Å². The maximum atomic E-state index is 13.0. The summed E-state index contributed by atoms with van der Waals surface area (Å²) in [6.45, 7) is 1.19. The minimum atomic E-state index is -4.51. The van der Waals surface area contributed by atoms with E-state index in [1.165, 1.54) is 30.3 Å². The second kappa shape index (κ2) is 8.62. The average Bonchev–Trinajstić information content (AvgIpc) is 2.69. The number of ether oxygens (including phenoxy) is 2. The number of amides is 1. The van der Waals surface area contributed by atoms with Gasteiger partial charge in [0.25, 0.3) is 0 Å². The number of anilines is 1. The fourth-order valence-corrected chi connectivity index (χ4v) is 3.04. The Morgan fingerprint density at radius 1 is 1.11 bits per heavy atom. The molecule has 0 bridgehead atoms. The molecule has 1 saturated heterocycles. The Hall–Kier alpha value is -2.58. The zero-order valence-electron chi connectivity index (χ0n) is 15.0. The van der Waals surface area contributed by atoms with Gasteiger partial charge in [0.1, 0.15) is 11.5 Å². The molecule has 150 valence electrons. The van der Waals surface area contributed by atoms with Crippen LogP contribution in [0.2, 0.25) is 0 Å². The maximum absolute atomic E-state index is 13.0. The van der Waals surface area contributed by atoms with Crippen molar-refractivity contribution in [1.29, 1.82) is 0 Å². The largest absolute Gasteiger partial charge is 0.457 e. The average molecular weight is 394 g/mol. The number of carbonyl (C=O) groups is 1. The van der Waals surface area contributed by atoms with Gasteiger partial charge in [0.2, 0.25) is 5.91 Å². The molecule has 2 aromatic carbocycles. The molecule has 0 radical (unpaired) electrons. The molecule has 2 aromatic rings. The lowest BCUT2D eigenvalue weighted by Crippen LogP contribution is -2.43. The number of benzene rings is 2. The quantitative estimate of drug-likeness (QED) is 0.798. The summed E-state index contributed by atoms with van der Waals surface area (Å²) in [6.07, 6.45) is -3.04. The highest BCUT2D eigenvalue weighted by molar-refractivity contribution is 5.94. The van der Waals surface area contributed by atoms with Gasteiger partial charge < -0.3 is 20.5 Å². The molecular formula is C20H21F3N2O3. The third-order valence-electron chi connectivity index (χ3n) is 4.62. The topological polar surface area (TPSA) is 73.6 Å². The predicted octanol–water partition coefficient (Wildman–Crippen LogP) is 4.19. The Balaban J connectivity index is 1.63. The Kier molecular flexibility index (Phi) is 6.21. The van der Waals surface area contributed by atoms with Crippen LogP contribution < -0.4 is 15.8 Å². The minimum absolute atomic E-state index is 0.0650. The normalized spacial score (nSPS) is 16.4. The highest BCUT2D eigenvalue weighted by Gasteiger charge is 2.34. The number of alkyl halides is 3. The number of rotatable bonds is 5. The smallest absolute Gasteiger partial charge is 0.419 e. The SMILES string of the molecule is NC(C(=O)Nc1ccc(Oc2ccccc2C(F)(F)F)cc1)C1CCOCC1. The number of carbonyl (C=O) groups excluding carboxylic acids is 1. The number of hydrogen-bond donors (Lipinski definition) is 2. The number of para-hydroxylation sites is 1. The molecule has 1 aliphatic rings. The van der Waals surface area contributed by atoms with E-state index in [2.05, 4.69) is 5.32 Å². The Labute approximate surface area is 160 Å². The molecule has 3 rings (SSSR count). The van der Waals surface area contributed by atoms with Crippen molar-refractivity contribution in [2.24, 2.45) is 11.7 Å². The molecule has 1 atom stereocenters. The highest BCUT2D eigenvalue weighted by atomic mass is 19.4. The fraction of sp³-hybridized carbons (Fsp3) is 0.350. The van der Waals surface area contributed by atoms with E-state index >= 15 is 0 Å². The Bertz CT molecular complexity index is 803. The molecule has 1 fully saturated rings. The molecule has 1 unspecified atom stereocenters. The third-order valence-corrected chi connectivity index (χ3v) is 4.62. The van der Waals surface area contributed by atoms with Gasteiger partial charge in [0.05, 0.1) is 11.6 Å². The second-order valence-corrected chi connectivity index (χ2v) is 6.59. The van der Waals surface area contributed by atoms with Gasteiger partial charge in [0.15, 0.2) is 0 Å². The van der Waals surface area contributed by atoms with Gasteiger partial charge in [-0.3, -0.25) is 4.79 Å². The van der Waals surface area contributed by atoms with Gasteiger partial charge >= 0.3 is 6.18 Å². The summed E-state index contributed by atoms with van der Waals surface area (Å²) < 4.78 is 49.8. The van der Waals surface area contributed by atoms with Crippen molar-refractivity contribution >= 4 is 11.6 Å². The number of nitrogens with two attached hydrogens (primary N) is 1. The molecule has 0 aromatic heterocycles. The summed E-state index contributed by atoms with van der Waals surface area (Å²) >= 11 is 0. The van der Waals surface area contributed by atoms with Gasteiger partial charge in [-0.1, -0.05) is 12.1 Å². The summed E-state index contributed by atoms with van der Waals surface area (Å²) in [7, 11) is 0. The molecule has 0 spiro atoms. The van der Waals surface area contributed by atoms with Crippen LogP contribution in [0.5, 0.6) is 11.5 Å². The summed E-state index contributed by atoms with van der Waals surface area (Å²) in [5.41, 5.74) is 5.67. The molecule has 8 heteroatoms. The van der Waals surface area contributed by atoms with E-state index in [0.717, 1.165) is 18.9 Å². The van der Waals surface area contributed by atoms with Gasteiger partial charge in [-0.25, -0.2) is 0 Å². The monoisotopic (exact) mass is 394 g/mol. The van der Waals surface area contributed by atoms with Gasteiger partial charge in [0, 0.05) is 18.9 Å². The predicted molar refractivity (Wildman–Crippen MR) is 98.1 cm³/mol. The van der Waals surface area contributed by atoms with Crippen molar-refractivity contribution in [3.63, 3.8) is 0 Å². The molecule has 1 amide bonds.